The monoisotopic (exact) mass is 251 g/mol. The van der Waals surface area contributed by atoms with Crippen LogP contribution in [0, 0.1) is 0 Å². The van der Waals surface area contributed by atoms with Crippen LogP contribution in [0.1, 0.15) is 11.1 Å². The molecule has 0 radical (unpaired) electrons. The van der Waals surface area contributed by atoms with Gasteiger partial charge in [-0.15, -0.1) is 0 Å². The predicted octanol–water partition coefficient (Wildman–Crippen LogP) is 2.62. The Morgan fingerprint density at radius 3 is 2.69 bits per heavy atom. The van der Waals surface area contributed by atoms with Crippen molar-refractivity contribution in [1.82, 2.24) is 0 Å². The number of alkyl halides is 3. The zero-order valence-corrected chi connectivity index (χ0v) is 8.90. The zero-order chi connectivity index (χ0) is 11.9. The minimum Gasteiger partial charge on any atom is -0.487 e. The zero-order valence-electron chi connectivity index (χ0n) is 8.14. The van der Waals surface area contributed by atoms with E-state index in [1.54, 1.807) is 0 Å². The van der Waals surface area contributed by atoms with E-state index < -0.39 is 11.7 Å². The molecule has 1 aromatic rings. The molecule has 0 aromatic heterocycles. The van der Waals surface area contributed by atoms with Gasteiger partial charge in [-0.1, -0.05) is 17.7 Å². The highest BCUT2D eigenvalue weighted by Gasteiger charge is 2.37. The Kier molecular flexibility index (Phi) is 2.75. The molecule has 1 atom stereocenters. The van der Waals surface area contributed by atoms with Gasteiger partial charge in [0.25, 0.3) is 0 Å². The smallest absolute Gasteiger partial charge is 0.417 e. The lowest BCUT2D eigenvalue weighted by atomic mass is 10.1. The van der Waals surface area contributed by atoms with Crippen LogP contribution in [0.2, 0.25) is 5.02 Å². The maximum Gasteiger partial charge on any atom is 0.417 e. The predicted molar refractivity (Wildman–Crippen MR) is 53.6 cm³/mol. The Morgan fingerprint density at radius 1 is 1.44 bits per heavy atom. The first-order valence-corrected chi connectivity index (χ1v) is 5.06. The highest BCUT2D eigenvalue weighted by Crippen LogP contribution is 2.43. The van der Waals surface area contributed by atoms with Crippen molar-refractivity contribution >= 4 is 11.6 Å². The third-order valence-electron chi connectivity index (χ3n) is 2.48. The fraction of sp³-hybridized carbons (Fsp3) is 0.400. The molecular formula is C10H9ClF3NO. The molecule has 2 rings (SSSR count). The van der Waals surface area contributed by atoms with Crippen molar-refractivity contribution in [3.05, 3.63) is 28.3 Å². The van der Waals surface area contributed by atoms with E-state index in [0.29, 0.717) is 12.0 Å². The topological polar surface area (TPSA) is 35.2 Å². The molecule has 1 unspecified atom stereocenters. The molecule has 2 nitrogen and oxygen atoms in total. The lowest BCUT2D eigenvalue weighted by Crippen LogP contribution is -2.24. The highest BCUT2D eigenvalue weighted by molar-refractivity contribution is 6.33. The lowest BCUT2D eigenvalue weighted by Gasteiger charge is -2.12. The van der Waals surface area contributed by atoms with Crippen LogP contribution < -0.4 is 10.5 Å². The van der Waals surface area contributed by atoms with Gasteiger partial charge in [-0.05, 0) is 11.6 Å². The van der Waals surface area contributed by atoms with E-state index in [1.807, 2.05) is 0 Å². The van der Waals surface area contributed by atoms with Crippen LogP contribution >= 0.6 is 11.6 Å². The number of hydrogen-bond acceptors (Lipinski definition) is 2. The molecule has 88 valence electrons. The van der Waals surface area contributed by atoms with Gasteiger partial charge in [0.05, 0.1) is 10.6 Å². The number of benzene rings is 1. The van der Waals surface area contributed by atoms with Crippen molar-refractivity contribution in [2.45, 2.75) is 18.7 Å². The second-order valence-electron chi connectivity index (χ2n) is 3.59. The molecule has 0 bridgehead atoms. The number of hydrogen-bond donors (Lipinski definition) is 1. The van der Waals surface area contributed by atoms with Crippen molar-refractivity contribution in [3.63, 3.8) is 0 Å². The summed E-state index contributed by atoms with van der Waals surface area (Å²) in [5.74, 6) is 0.118. The Labute approximate surface area is 95.1 Å². The van der Waals surface area contributed by atoms with Gasteiger partial charge in [0.15, 0.2) is 0 Å². The van der Waals surface area contributed by atoms with Crippen LogP contribution in [0.25, 0.3) is 0 Å². The normalized spacial score (nSPS) is 19.4. The summed E-state index contributed by atoms with van der Waals surface area (Å²) in [6, 6.07) is 2.36. The van der Waals surface area contributed by atoms with Gasteiger partial charge in [0, 0.05) is 13.0 Å². The average molecular weight is 252 g/mol. The van der Waals surface area contributed by atoms with Crippen molar-refractivity contribution in [1.29, 1.82) is 0 Å². The van der Waals surface area contributed by atoms with E-state index in [0.717, 1.165) is 6.07 Å². The van der Waals surface area contributed by atoms with Crippen LogP contribution in [-0.4, -0.2) is 12.6 Å². The van der Waals surface area contributed by atoms with E-state index in [9.17, 15) is 13.2 Å². The maximum absolute atomic E-state index is 12.5. The summed E-state index contributed by atoms with van der Waals surface area (Å²) in [7, 11) is 0. The summed E-state index contributed by atoms with van der Waals surface area (Å²) in [5, 5.41) is -0.374. The SMILES string of the molecule is NCC1Cc2ccc(C(F)(F)F)c(Cl)c2O1. The van der Waals surface area contributed by atoms with Gasteiger partial charge in [-0.3, -0.25) is 0 Å². The summed E-state index contributed by atoms with van der Waals surface area (Å²) < 4.78 is 42.9. The van der Waals surface area contributed by atoms with Crippen LogP contribution in [-0.2, 0) is 12.6 Å². The number of ether oxygens (including phenoxy) is 1. The molecule has 1 aliphatic heterocycles. The van der Waals surface area contributed by atoms with Gasteiger partial charge in [-0.2, -0.15) is 13.2 Å². The fourth-order valence-electron chi connectivity index (χ4n) is 1.69. The van der Waals surface area contributed by atoms with Gasteiger partial charge in [-0.25, -0.2) is 0 Å². The number of nitrogens with two attached hydrogens (primary N) is 1. The van der Waals surface area contributed by atoms with E-state index in [-0.39, 0.29) is 23.4 Å². The van der Waals surface area contributed by atoms with Crippen molar-refractivity contribution in [2.75, 3.05) is 6.54 Å². The molecule has 0 fully saturated rings. The maximum atomic E-state index is 12.5. The standard InChI is InChI=1S/C10H9ClF3NO/c11-8-7(10(12,13)14)2-1-5-3-6(4-15)16-9(5)8/h1-2,6H,3-4,15H2. The van der Waals surface area contributed by atoms with Crippen molar-refractivity contribution in [3.8, 4) is 5.75 Å². The Morgan fingerprint density at radius 2 is 2.12 bits per heavy atom. The van der Waals surface area contributed by atoms with E-state index >= 15 is 0 Å². The molecule has 6 heteroatoms. The van der Waals surface area contributed by atoms with Crippen molar-refractivity contribution < 1.29 is 17.9 Å². The molecule has 2 N–H and O–H groups in total. The summed E-state index contributed by atoms with van der Waals surface area (Å²) >= 11 is 5.68. The molecule has 0 spiro atoms. The molecule has 0 aliphatic carbocycles. The van der Waals surface area contributed by atoms with Crippen LogP contribution in [0.5, 0.6) is 5.75 Å². The molecule has 0 saturated carbocycles. The number of halogens is 4. The summed E-state index contributed by atoms with van der Waals surface area (Å²) in [5.41, 5.74) is 5.20. The molecule has 0 amide bonds. The first kappa shape index (κ1) is 11.5. The van der Waals surface area contributed by atoms with E-state index in [1.165, 1.54) is 6.07 Å². The van der Waals surface area contributed by atoms with Crippen LogP contribution in [0.15, 0.2) is 12.1 Å². The molecule has 16 heavy (non-hydrogen) atoms. The Hall–Kier alpha value is -0.940. The van der Waals surface area contributed by atoms with Gasteiger partial charge < -0.3 is 10.5 Å². The quantitative estimate of drug-likeness (QED) is 0.833. The molecule has 1 aliphatic rings. The second-order valence-corrected chi connectivity index (χ2v) is 3.97. The summed E-state index contributed by atoms with van der Waals surface area (Å²) in [4.78, 5) is 0. The Bertz CT molecular complexity index is 419. The first-order valence-electron chi connectivity index (χ1n) is 4.68. The second kappa shape index (κ2) is 3.82. The van der Waals surface area contributed by atoms with Gasteiger partial charge in [0.2, 0.25) is 0 Å². The first-order chi connectivity index (χ1) is 7.43. The van der Waals surface area contributed by atoms with E-state index in [4.69, 9.17) is 22.1 Å². The number of fused-ring (bicyclic) bond motifs is 1. The summed E-state index contributed by atoms with van der Waals surface area (Å²) in [6.07, 6.45) is -4.24. The molecule has 0 saturated heterocycles. The molecular weight excluding hydrogens is 243 g/mol. The highest BCUT2D eigenvalue weighted by atomic mass is 35.5. The third-order valence-corrected chi connectivity index (χ3v) is 2.85. The fourth-order valence-corrected chi connectivity index (χ4v) is 2.02. The van der Waals surface area contributed by atoms with Crippen LogP contribution in [0.4, 0.5) is 13.2 Å². The minimum atomic E-state index is -4.46. The third kappa shape index (κ3) is 1.85. The van der Waals surface area contributed by atoms with E-state index in [2.05, 4.69) is 0 Å². The Balaban J connectivity index is 2.44. The largest absolute Gasteiger partial charge is 0.487 e. The van der Waals surface area contributed by atoms with Crippen LogP contribution in [0.3, 0.4) is 0 Å². The van der Waals surface area contributed by atoms with Gasteiger partial charge in [0.1, 0.15) is 11.9 Å². The van der Waals surface area contributed by atoms with Gasteiger partial charge >= 0.3 is 6.18 Å². The lowest BCUT2D eigenvalue weighted by molar-refractivity contribution is -0.137. The minimum absolute atomic E-state index is 0.118. The molecule has 1 heterocycles. The molecule has 1 aromatic carbocycles. The summed E-state index contributed by atoms with van der Waals surface area (Å²) in [6.45, 7) is 0.256. The van der Waals surface area contributed by atoms with Crippen molar-refractivity contribution in [2.24, 2.45) is 5.73 Å². The number of rotatable bonds is 1. The average Bonchev–Trinajstić information content (AvgIpc) is 2.60.